The van der Waals surface area contributed by atoms with E-state index in [1.54, 1.807) is 19.1 Å². The minimum absolute atomic E-state index is 0.204. The molecular weight excluding hydrogens is 303 g/mol. The molecule has 0 spiro atoms. The average Bonchev–Trinajstić information content (AvgIpc) is 2.32. The van der Waals surface area contributed by atoms with Crippen LogP contribution in [0.2, 0.25) is 0 Å². The molecule has 2 aromatic carbocycles. The van der Waals surface area contributed by atoms with Gasteiger partial charge in [-0.2, -0.15) is 0 Å². The molecule has 0 aliphatic rings. The first-order valence-corrected chi connectivity index (χ1v) is 6.47. The molecular formula is C14H11BrClF. The molecule has 1 atom stereocenters. The number of benzene rings is 2. The smallest absolute Gasteiger partial charge is 0.126 e. The Labute approximate surface area is 114 Å². The molecule has 0 N–H and O–H groups in total. The summed E-state index contributed by atoms with van der Waals surface area (Å²) in [6, 6.07) is 12.7. The fraction of sp³-hybridized carbons (Fsp3) is 0.143. The van der Waals surface area contributed by atoms with Crippen molar-refractivity contribution in [2.45, 2.75) is 12.3 Å². The maximum atomic E-state index is 13.2. The van der Waals surface area contributed by atoms with E-state index in [0.717, 1.165) is 15.6 Å². The Morgan fingerprint density at radius 1 is 1.18 bits per heavy atom. The Hall–Kier alpha value is -0.860. The summed E-state index contributed by atoms with van der Waals surface area (Å²) >= 11 is 9.88. The van der Waals surface area contributed by atoms with E-state index >= 15 is 0 Å². The van der Waals surface area contributed by atoms with Crippen molar-refractivity contribution in [1.29, 1.82) is 0 Å². The zero-order chi connectivity index (χ0) is 12.4. The van der Waals surface area contributed by atoms with Gasteiger partial charge in [0.1, 0.15) is 5.82 Å². The molecule has 0 fully saturated rings. The molecule has 0 aromatic heterocycles. The molecule has 0 aliphatic heterocycles. The van der Waals surface area contributed by atoms with Gasteiger partial charge in [0.25, 0.3) is 0 Å². The van der Waals surface area contributed by atoms with Crippen molar-refractivity contribution in [1.82, 2.24) is 0 Å². The van der Waals surface area contributed by atoms with Gasteiger partial charge in [0.05, 0.1) is 5.38 Å². The number of halogens is 3. The van der Waals surface area contributed by atoms with Crippen LogP contribution in [0.5, 0.6) is 0 Å². The van der Waals surface area contributed by atoms with Gasteiger partial charge in [-0.1, -0.05) is 46.3 Å². The van der Waals surface area contributed by atoms with Crippen molar-refractivity contribution in [3.05, 3.63) is 69.4 Å². The summed E-state index contributed by atoms with van der Waals surface area (Å²) in [5.74, 6) is -0.204. The third-order valence-corrected chi connectivity index (χ3v) is 3.86. The van der Waals surface area contributed by atoms with Crippen LogP contribution in [0.15, 0.2) is 46.9 Å². The van der Waals surface area contributed by atoms with Gasteiger partial charge in [-0.05, 0) is 35.7 Å². The summed E-state index contributed by atoms with van der Waals surface area (Å²) in [5.41, 5.74) is 2.50. The number of hydrogen-bond donors (Lipinski definition) is 0. The van der Waals surface area contributed by atoms with Crippen molar-refractivity contribution >= 4 is 27.5 Å². The van der Waals surface area contributed by atoms with E-state index in [4.69, 9.17) is 11.6 Å². The zero-order valence-corrected chi connectivity index (χ0v) is 11.6. The fourth-order valence-electron chi connectivity index (χ4n) is 1.69. The van der Waals surface area contributed by atoms with E-state index in [9.17, 15) is 4.39 Å². The van der Waals surface area contributed by atoms with Crippen LogP contribution in [-0.2, 0) is 0 Å². The van der Waals surface area contributed by atoms with Gasteiger partial charge < -0.3 is 0 Å². The monoisotopic (exact) mass is 312 g/mol. The molecule has 0 amide bonds. The van der Waals surface area contributed by atoms with Crippen molar-refractivity contribution in [3.63, 3.8) is 0 Å². The minimum Gasteiger partial charge on any atom is -0.207 e. The number of rotatable bonds is 2. The zero-order valence-electron chi connectivity index (χ0n) is 9.25. The van der Waals surface area contributed by atoms with Gasteiger partial charge >= 0.3 is 0 Å². The van der Waals surface area contributed by atoms with Crippen LogP contribution in [0.4, 0.5) is 4.39 Å². The molecule has 0 heterocycles. The SMILES string of the molecule is Cc1cc(C(Cl)c2ccccc2Br)ccc1F. The highest BCUT2D eigenvalue weighted by atomic mass is 79.9. The number of hydrogen-bond acceptors (Lipinski definition) is 0. The molecule has 0 aliphatic carbocycles. The highest BCUT2D eigenvalue weighted by molar-refractivity contribution is 9.10. The van der Waals surface area contributed by atoms with Crippen LogP contribution in [0.25, 0.3) is 0 Å². The highest BCUT2D eigenvalue weighted by Gasteiger charge is 2.14. The number of alkyl halides is 1. The topological polar surface area (TPSA) is 0 Å². The van der Waals surface area contributed by atoms with Crippen LogP contribution in [0.1, 0.15) is 22.1 Å². The third kappa shape index (κ3) is 2.70. The normalized spacial score (nSPS) is 12.5. The second-order valence-electron chi connectivity index (χ2n) is 3.89. The largest absolute Gasteiger partial charge is 0.207 e. The lowest BCUT2D eigenvalue weighted by Gasteiger charge is -2.13. The van der Waals surface area contributed by atoms with Gasteiger partial charge in [-0.15, -0.1) is 11.6 Å². The van der Waals surface area contributed by atoms with Gasteiger partial charge in [0, 0.05) is 4.47 Å². The summed E-state index contributed by atoms with van der Waals surface area (Å²) in [5, 5.41) is -0.273. The maximum Gasteiger partial charge on any atom is 0.126 e. The Balaban J connectivity index is 2.40. The van der Waals surface area contributed by atoms with Crippen molar-refractivity contribution < 1.29 is 4.39 Å². The predicted molar refractivity (Wildman–Crippen MR) is 73.0 cm³/mol. The van der Waals surface area contributed by atoms with Crippen LogP contribution < -0.4 is 0 Å². The predicted octanol–water partition coefficient (Wildman–Crippen LogP) is 5.22. The van der Waals surface area contributed by atoms with E-state index in [-0.39, 0.29) is 11.2 Å². The first kappa shape index (κ1) is 12.6. The highest BCUT2D eigenvalue weighted by Crippen LogP contribution is 2.34. The van der Waals surface area contributed by atoms with Gasteiger partial charge in [-0.25, -0.2) is 4.39 Å². The summed E-state index contributed by atoms with van der Waals surface area (Å²) in [6.45, 7) is 1.74. The van der Waals surface area contributed by atoms with E-state index in [0.29, 0.717) is 5.56 Å². The summed E-state index contributed by atoms with van der Waals surface area (Å²) in [6.07, 6.45) is 0. The van der Waals surface area contributed by atoms with Gasteiger partial charge in [-0.3, -0.25) is 0 Å². The van der Waals surface area contributed by atoms with E-state index in [1.165, 1.54) is 6.07 Å². The van der Waals surface area contributed by atoms with Crippen molar-refractivity contribution in [3.8, 4) is 0 Å². The van der Waals surface area contributed by atoms with E-state index in [1.807, 2.05) is 24.3 Å². The summed E-state index contributed by atoms with van der Waals surface area (Å²) in [4.78, 5) is 0. The summed E-state index contributed by atoms with van der Waals surface area (Å²) < 4.78 is 14.2. The van der Waals surface area contributed by atoms with Crippen LogP contribution in [-0.4, -0.2) is 0 Å². The van der Waals surface area contributed by atoms with Crippen LogP contribution in [0.3, 0.4) is 0 Å². The summed E-state index contributed by atoms with van der Waals surface area (Å²) in [7, 11) is 0. The van der Waals surface area contributed by atoms with Gasteiger partial charge in [0.2, 0.25) is 0 Å². The maximum absolute atomic E-state index is 13.2. The van der Waals surface area contributed by atoms with Crippen LogP contribution in [0, 0.1) is 12.7 Å². The van der Waals surface area contributed by atoms with Crippen LogP contribution >= 0.6 is 27.5 Å². The first-order chi connectivity index (χ1) is 8.09. The van der Waals surface area contributed by atoms with Crippen molar-refractivity contribution in [2.75, 3.05) is 0 Å². The molecule has 88 valence electrons. The molecule has 0 radical (unpaired) electrons. The molecule has 0 saturated carbocycles. The standard InChI is InChI=1S/C14H11BrClF/c1-9-8-10(6-7-13(9)17)14(16)11-4-2-3-5-12(11)15/h2-8,14H,1H3. The fourth-order valence-corrected chi connectivity index (χ4v) is 2.66. The minimum atomic E-state index is -0.273. The third-order valence-electron chi connectivity index (χ3n) is 2.65. The Kier molecular flexibility index (Phi) is 3.85. The average molecular weight is 314 g/mol. The van der Waals surface area contributed by atoms with E-state index < -0.39 is 0 Å². The lowest BCUT2D eigenvalue weighted by atomic mass is 10.0. The molecule has 17 heavy (non-hydrogen) atoms. The molecule has 0 saturated heterocycles. The van der Waals surface area contributed by atoms with Gasteiger partial charge in [0.15, 0.2) is 0 Å². The molecule has 2 aromatic rings. The number of aryl methyl sites for hydroxylation is 1. The molecule has 0 nitrogen and oxygen atoms in total. The second-order valence-corrected chi connectivity index (χ2v) is 5.18. The quantitative estimate of drug-likeness (QED) is 0.666. The lowest BCUT2D eigenvalue weighted by molar-refractivity contribution is 0.617. The lowest BCUT2D eigenvalue weighted by Crippen LogP contribution is -1.96. The molecule has 1 unspecified atom stereocenters. The first-order valence-electron chi connectivity index (χ1n) is 5.24. The van der Waals surface area contributed by atoms with E-state index in [2.05, 4.69) is 15.9 Å². The Bertz CT molecular complexity index is 539. The second kappa shape index (κ2) is 5.19. The Morgan fingerprint density at radius 2 is 1.88 bits per heavy atom. The molecule has 3 heteroatoms. The Morgan fingerprint density at radius 3 is 2.53 bits per heavy atom. The molecule has 0 bridgehead atoms. The van der Waals surface area contributed by atoms with Crippen molar-refractivity contribution in [2.24, 2.45) is 0 Å². The molecule has 2 rings (SSSR count).